The lowest BCUT2D eigenvalue weighted by Gasteiger charge is -2.09. The molecule has 0 aliphatic carbocycles. The molecule has 3 rings (SSSR count). The SMILES string of the molecule is COc1ccc(-c2ccc(=O)n(CCCCBr)n2)c2cc(C(F)(F)F)sc12. The molecule has 0 unspecified atom stereocenters. The molecule has 1 aromatic carbocycles. The second kappa shape index (κ2) is 8.02. The van der Waals surface area contributed by atoms with Crippen molar-refractivity contribution in [2.45, 2.75) is 25.6 Å². The molecule has 0 atom stereocenters. The van der Waals surface area contributed by atoms with Crippen molar-refractivity contribution in [3.05, 3.63) is 45.6 Å². The summed E-state index contributed by atoms with van der Waals surface area (Å²) >= 11 is 3.98. The third kappa shape index (κ3) is 4.19. The van der Waals surface area contributed by atoms with Gasteiger partial charge in [-0.1, -0.05) is 15.9 Å². The normalized spacial score (nSPS) is 11.9. The number of ether oxygens (including phenoxy) is 1. The van der Waals surface area contributed by atoms with Crippen LogP contribution in [0.3, 0.4) is 0 Å². The Bertz CT molecular complexity index is 1010. The van der Waals surface area contributed by atoms with E-state index in [1.807, 2.05) is 0 Å². The number of methoxy groups -OCH3 is 1. The molecule has 0 fully saturated rings. The molecule has 0 saturated carbocycles. The number of rotatable bonds is 6. The van der Waals surface area contributed by atoms with Gasteiger partial charge in [-0.25, -0.2) is 4.68 Å². The summed E-state index contributed by atoms with van der Waals surface area (Å²) in [7, 11) is 1.42. The summed E-state index contributed by atoms with van der Waals surface area (Å²) in [5, 5.41) is 5.60. The predicted octanol–water partition coefficient (Wildman–Crippen LogP) is 5.33. The van der Waals surface area contributed by atoms with Crippen LogP contribution >= 0.6 is 27.3 Å². The van der Waals surface area contributed by atoms with E-state index in [0.29, 0.717) is 45.0 Å². The highest BCUT2D eigenvalue weighted by Gasteiger charge is 2.33. The van der Waals surface area contributed by atoms with E-state index < -0.39 is 11.1 Å². The standard InChI is InChI=1S/C18H16BrF3N2O2S/c1-26-14-6-4-11(12-10-15(18(20,21)22)27-17(12)14)13-5-7-16(25)24(23-13)9-3-2-8-19/h4-7,10H,2-3,8-9H2,1H3. The van der Waals surface area contributed by atoms with Crippen LogP contribution in [0.2, 0.25) is 0 Å². The zero-order chi connectivity index (χ0) is 19.6. The molecule has 2 aromatic heterocycles. The maximum atomic E-state index is 13.2. The van der Waals surface area contributed by atoms with Gasteiger partial charge >= 0.3 is 6.18 Å². The first-order chi connectivity index (χ1) is 12.8. The van der Waals surface area contributed by atoms with Crippen LogP contribution in [0.15, 0.2) is 35.1 Å². The first-order valence-corrected chi connectivity index (χ1v) is 10.1. The number of benzene rings is 1. The van der Waals surface area contributed by atoms with Crippen molar-refractivity contribution in [3.63, 3.8) is 0 Å². The highest BCUT2D eigenvalue weighted by Crippen LogP contribution is 2.44. The third-order valence-corrected chi connectivity index (χ3v) is 5.80. The van der Waals surface area contributed by atoms with Crippen molar-refractivity contribution < 1.29 is 17.9 Å². The van der Waals surface area contributed by atoms with Crippen molar-refractivity contribution in [2.24, 2.45) is 0 Å². The summed E-state index contributed by atoms with van der Waals surface area (Å²) in [6.45, 7) is 0.453. The van der Waals surface area contributed by atoms with Gasteiger partial charge in [-0.15, -0.1) is 11.3 Å². The Hall–Kier alpha value is -1.87. The smallest absolute Gasteiger partial charge is 0.425 e. The van der Waals surface area contributed by atoms with Crippen molar-refractivity contribution in [2.75, 3.05) is 12.4 Å². The Labute approximate surface area is 165 Å². The molecule has 0 aliphatic heterocycles. The summed E-state index contributed by atoms with van der Waals surface area (Å²) in [4.78, 5) is 11.3. The van der Waals surface area contributed by atoms with Gasteiger partial charge in [0.1, 0.15) is 10.6 Å². The molecule has 3 aromatic rings. The summed E-state index contributed by atoms with van der Waals surface area (Å²) in [5.41, 5.74) is 0.749. The average Bonchev–Trinajstić information content (AvgIpc) is 3.08. The zero-order valence-electron chi connectivity index (χ0n) is 14.3. The minimum absolute atomic E-state index is 0.237. The summed E-state index contributed by atoms with van der Waals surface area (Å²) in [6.07, 6.45) is -2.77. The fourth-order valence-electron chi connectivity index (χ4n) is 2.73. The molecule has 0 radical (unpaired) electrons. The van der Waals surface area contributed by atoms with Gasteiger partial charge in [0.15, 0.2) is 0 Å². The summed E-state index contributed by atoms with van der Waals surface area (Å²) in [5.74, 6) is 0.375. The number of alkyl halides is 4. The third-order valence-electron chi connectivity index (χ3n) is 4.04. The van der Waals surface area contributed by atoms with E-state index in [-0.39, 0.29) is 5.56 Å². The Morgan fingerprint density at radius 3 is 2.67 bits per heavy atom. The monoisotopic (exact) mass is 460 g/mol. The van der Waals surface area contributed by atoms with Crippen molar-refractivity contribution in [1.82, 2.24) is 9.78 Å². The predicted molar refractivity (Wildman–Crippen MR) is 104 cm³/mol. The van der Waals surface area contributed by atoms with E-state index in [1.165, 1.54) is 23.9 Å². The van der Waals surface area contributed by atoms with Gasteiger partial charge in [-0.3, -0.25) is 4.79 Å². The lowest BCUT2D eigenvalue weighted by atomic mass is 10.1. The number of hydrogen-bond acceptors (Lipinski definition) is 4. The molecule has 144 valence electrons. The lowest BCUT2D eigenvalue weighted by Crippen LogP contribution is -2.22. The van der Waals surface area contributed by atoms with Gasteiger partial charge in [-0.2, -0.15) is 18.3 Å². The van der Waals surface area contributed by atoms with Gasteiger partial charge in [-0.05, 0) is 37.1 Å². The Morgan fingerprint density at radius 1 is 1.22 bits per heavy atom. The quantitative estimate of drug-likeness (QED) is 0.369. The first-order valence-electron chi connectivity index (χ1n) is 8.17. The molecule has 0 N–H and O–H groups in total. The van der Waals surface area contributed by atoms with Gasteiger partial charge in [0.2, 0.25) is 0 Å². The van der Waals surface area contributed by atoms with Crippen LogP contribution in [-0.2, 0) is 12.7 Å². The minimum Gasteiger partial charge on any atom is -0.495 e. The zero-order valence-corrected chi connectivity index (χ0v) is 16.7. The summed E-state index contributed by atoms with van der Waals surface area (Å²) < 4.78 is 46.5. The molecule has 0 spiro atoms. The molecule has 2 heterocycles. The van der Waals surface area contributed by atoms with Gasteiger partial charge in [0.25, 0.3) is 5.56 Å². The Kier molecular flexibility index (Phi) is 5.90. The number of nitrogens with zero attached hydrogens (tertiary/aromatic N) is 2. The van der Waals surface area contributed by atoms with Gasteiger partial charge < -0.3 is 4.74 Å². The van der Waals surface area contributed by atoms with Crippen LogP contribution in [0.1, 0.15) is 17.7 Å². The number of aryl methyl sites for hydroxylation is 1. The maximum absolute atomic E-state index is 13.2. The Morgan fingerprint density at radius 2 is 2.00 bits per heavy atom. The molecule has 0 saturated heterocycles. The van der Waals surface area contributed by atoms with E-state index in [1.54, 1.807) is 12.1 Å². The Balaban J connectivity index is 2.13. The van der Waals surface area contributed by atoms with Crippen LogP contribution < -0.4 is 10.3 Å². The van der Waals surface area contributed by atoms with Crippen LogP contribution in [0.4, 0.5) is 13.2 Å². The van der Waals surface area contributed by atoms with Crippen molar-refractivity contribution in [1.29, 1.82) is 0 Å². The molecule has 0 aliphatic rings. The van der Waals surface area contributed by atoms with E-state index in [9.17, 15) is 18.0 Å². The summed E-state index contributed by atoms with van der Waals surface area (Å²) in [6, 6.07) is 7.33. The van der Waals surface area contributed by atoms with E-state index in [2.05, 4.69) is 21.0 Å². The highest BCUT2D eigenvalue weighted by molar-refractivity contribution is 9.09. The molecule has 9 heteroatoms. The van der Waals surface area contributed by atoms with Crippen LogP contribution in [0, 0.1) is 0 Å². The lowest BCUT2D eigenvalue weighted by molar-refractivity contribution is -0.134. The number of aromatic nitrogens is 2. The average molecular weight is 461 g/mol. The van der Waals surface area contributed by atoms with Crippen LogP contribution in [-0.4, -0.2) is 22.2 Å². The van der Waals surface area contributed by atoms with Crippen LogP contribution in [0.5, 0.6) is 5.75 Å². The molecular weight excluding hydrogens is 445 g/mol. The molecular formula is C18H16BrF3N2O2S. The number of hydrogen-bond donors (Lipinski definition) is 0. The van der Waals surface area contributed by atoms with Crippen molar-refractivity contribution >= 4 is 37.4 Å². The fourth-order valence-corrected chi connectivity index (χ4v) is 4.17. The second-order valence-electron chi connectivity index (χ2n) is 5.84. The number of thiophene rings is 1. The fraction of sp³-hybridized carbons (Fsp3) is 0.333. The second-order valence-corrected chi connectivity index (χ2v) is 7.69. The van der Waals surface area contributed by atoms with Gasteiger partial charge in [0, 0.05) is 28.9 Å². The highest BCUT2D eigenvalue weighted by atomic mass is 79.9. The molecule has 27 heavy (non-hydrogen) atoms. The van der Waals surface area contributed by atoms with Gasteiger partial charge in [0.05, 0.1) is 17.5 Å². The molecule has 4 nitrogen and oxygen atoms in total. The number of fused-ring (bicyclic) bond motifs is 1. The number of unbranched alkanes of at least 4 members (excludes halogenated alkanes) is 1. The van der Waals surface area contributed by atoms with Crippen molar-refractivity contribution in [3.8, 4) is 17.0 Å². The van der Waals surface area contributed by atoms with Crippen LogP contribution in [0.25, 0.3) is 21.3 Å². The number of halogens is 4. The van der Waals surface area contributed by atoms with E-state index in [4.69, 9.17) is 4.74 Å². The topological polar surface area (TPSA) is 44.1 Å². The largest absolute Gasteiger partial charge is 0.495 e. The first kappa shape index (κ1) is 19.9. The minimum atomic E-state index is -4.44. The maximum Gasteiger partial charge on any atom is 0.425 e. The van der Waals surface area contributed by atoms with E-state index >= 15 is 0 Å². The molecule has 0 amide bonds. The van der Waals surface area contributed by atoms with E-state index in [0.717, 1.165) is 24.2 Å². The molecule has 0 bridgehead atoms.